The van der Waals surface area contributed by atoms with Crippen molar-refractivity contribution in [3.05, 3.63) is 35.4 Å². The van der Waals surface area contributed by atoms with Crippen LogP contribution in [0.5, 0.6) is 0 Å². The van der Waals surface area contributed by atoms with Gasteiger partial charge in [-0.3, -0.25) is 4.90 Å². The Labute approximate surface area is 122 Å². The Kier molecular flexibility index (Phi) is 4.94. The van der Waals surface area contributed by atoms with E-state index in [2.05, 4.69) is 30.9 Å². The third-order valence-corrected chi connectivity index (χ3v) is 3.93. The fourth-order valence-electron chi connectivity index (χ4n) is 2.37. The van der Waals surface area contributed by atoms with E-state index in [-0.39, 0.29) is 0 Å². The van der Waals surface area contributed by atoms with E-state index in [1.165, 1.54) is 31.4 Å². The highest BCUT2D eigenvalue weighted by Crippen LogP contribution is 2.29. The molecule has 0 heterocycles. The minimum absolute atomic E-state index is 0.509. The number of hydrogen-bond acceptors (Lipinski definition) is 2. The van der Waals surface area contributed by atoms with Crippen molar-refractivity contribution in [3.63, 3.8) is 0 Å². The summed E-state index contributed by atoms with van der Waals surface area (Å²) in [6.07, 6.45) is 3.94. The zero-order valence-electron chi connectivity index (χ0n) is 11.9. The summed E-state index contributed by atoms with van der Waals surface area (Å²) in [5, 5.41) is 0. The molecule has 2 rings (SSSR count). The van der Waals surface area contributed by atoms with Crippen LogP contribution in [-0.4, -0.2) is 22.5 Å². The summed E-state index contributed by atoms with van der Waals surface area (Å²) in [7, 11) is 0. The minimum atomic E-state index is 0.509. The molecular weight excluding hydrogens is 252 g/mol. The van der Waals surface area contributed by atoms with E-state index < -0.39 is 0 Å². The van der Waals surface area contributed by atoms with E-state index in [0.717, 1.165) is 24.1 Å². The normalized spacial score (nSPS) is 15.2. The van der Waals surface area contributed by atoms with Gasteiger partial charge in [0.2, 0.25) is 0 Å². The first-order valence-electron chi connectivity index (χ1n) is 7.19. The van der Waals surface area contributed by atoms with Gasteiger partial charge in [-0.2, -0.15) is 0 Å². The molecule has 0 aromatic heterocycles. The molecule has 0 atom stereocenters. The molecule has 0 spiro atoms. The van der Waals surface area contributed by atoms with Crippen molar-refractivity contribution in [1.82, 2.24) is 4.90 Å². The topological polar surface area (TPSA) is 29.3 Å². The van der Waals surface area contributed by atoms with Gasteiger partial charge in [-0.15, -0.1) is 0 Å². The van der Waals surface area contributed by atoms with Crippen LogP contribution in [-0.2, 0) is 6.54 Å². The van der Waals surface area contributed by atoms with Crippen molar-refractivity contribution in [3.8, 4) is 0 Å². The molecule has 104 valence electrons. The summed E-state index contributed by atoms with van der Waals surface area (Å²) >= 11 is 5.15. The highest BCUT2D eigenvalue weighted by molar-refractivity contribution is 7.80. The number of thiocarbonyl (C=S) groups is 1. The average molecular weight is 276 g/mol. The molecule has 0 amide bonds. The lowest BCUT2D eigenvalue weighted by Crippen LogP contribution is -2.28. The first-order valence-corrected chi connectivity index (χ1v) is 7.60. The van der Waals surface area contributed by atoms with Gasteiger partial charge in [-0.25, -0.2) is 0 Å². The maximum absolute atomic E-state index is 5.82. The minimum Gasteiger partial charge on any atom is -0.389 e. The first kappa shape index (κ1) is 14.5. The molecule has 0 bridgehead atoms. The van der Waals surface area contributed by atoms with Crippen LogP contribution in [0.2, 0.25) is 0 Å². The van der Waals surface area contributed by atoms with Crippen molar-refractivity contribution in [2.75, 3.05) is 6.54 Å². The Bertz CT molecular complexity index is 438. The first-order chi connectivity index (χ1) is 9.08. The summed E-state index contributed by atoms with van der Waals surface area (Å²) < 4.78 is 0. The highest BCUT2D eigenvalue weighted by Gasteiger charge is 2.29. The second-order valence-electron chi connectivity index (χ2n) is 5.91. The third kappa shape index (κ3) is 4.29. The molecule has 0 aliphatic heterocycles. The fourth-order valence-corrected chi connectivity index (χ4v) is 2.57. The van der Waals surface area contributed by atoms with Gasteiger partial charge in [0.15, 0.2) is 0 Å². The van der Waals surface area contributed by atoms with Crippen LogP contribution in [0.15, 0.2) is 24.3 Å². The third-order valence-electron chi connectivity index (χ3n) is 3.71. The Balaban J connectivity index is 2.06. The maximum Gasteiger partial charge on any atom is 0.104 e. The number of nitrogens with two attached hydrogens (primary N) is 1. The van der Waals surface area contributed by atoms with Crippen LogP contribution in [0.25, 0.3) is 0 Å². The maximum atomic E-state index is 5.82. The van der Waals surface area contributed by atoms with Gasteiger partial charge in [0.1, 0.15) is 4.99 Å². The van der Waals surface area contributed by atoms with Crippen molar-refractivity contribution in [1.29, 1.82) is 0 Å². The molecule has 1 saturated carbocycles. The summed E-state index contributed by atoms with van der Waals surface area (Å²) in [6, 6.07) is 9.04. The van der Waals surface area contributed by atoms with Crippen LogP contribution in [0, 0.1) is 5.92 Å². The Morgan fingerprint density at radius 3 is 2.63 bits per heavy atom. The van der Waals surface area contributed by atoms with Crippen molar-refractivity contribution in [2.24, 2.45) is 11.7 Å². The second kappa shape index (κ2) is 6.49. The molecular formula is C16H24N2S. The standard InChI is InChI=1S/C16H24N2S/c1-12(2)9-10-18(14-7-8-14)11-13-5-3-4-6-15(13)16(17)19/h3-6,12,14H,7-11H2,1-2H3,(H2,17,19). The summed E-state index contributed by atoms with van der Waals surface area (Å²) in [5.74, 6) is 0.757. The molecule has 3 heteroatoms. The highest BCUT2D eigenvalue weighted by atomic mass is 32.1. The number of hydrogen-bond donors (Lipinski definition) is 1. The van der Waals surface area contributed by atoms with Gasteiger partial charge >= 0.3 is 0 Å². The van der Waals surface area contributed by atoms with Gasteiger partial charge in [0.25, 0.3) is 0 Å². The van der Waals surface area contributed by atoms with E-state index >= 15 is 0 Å². The SMILES string of the molecule is CC(C)CCN(Cc1ccccc1C(N)=S)C1CC1. The smallest absolute Gasteiger partial charge is 0.104 e. The van der Waals surface area contributed by atoms with Crippen LogP contribution in [0.4, 0.5) is 0 Å². The lowest BCUT2D eigenvalue weighted by Gasteiger charge is -2.24. The van der Waals surface area contributed by atoms with Gasteiger partial charge in [-0.05, 0) is 37.3 Å². The molecule has 1 fully saturated rings. The average Bonchev–Trinajstić information content (AvgIpc) is 3.18. The zero-order chi connectivity index (χ0) is 13.8. The largest absolute Gasteiger partial charge is 0.389 e. The molecule has 0 radical (unpaired) electrons. The van der Waals surface area contributed by atoms with Gasteiger partial charge in [-0.1, -0.05) is 50.3 Å². The Morgan fingerprint density at radius 1 is 1.37 bits per heavy atom. The van der Waals surface area contributed by atoms with Crippen molar-refractivity contribution in [2.45, 2.75) is 45.7 Å². The number of benzene rings is 1. The van der Waals surface area contributed by atoms with E-state index in [9.17, 15) is 0 Å². The van der Waals surface area contributed by atoms with Gasteiger partial charge in [0, 0.05) is 18.2 Å². The molecule has 0 saturated heterocycles. The van der Waals surface area contributed by atoms with Crippen LogP contribution in [0.3, 0.4) is 0 Å². The molecule has 1 aromatic carbocycles. The Morgan fingerprint density at radius 2 is 2.05 bits per heavy atom. The lowest BCUT2D eigenvalue weighted by atomic mass is 10.1. The van der Waals surface area contributed by atoms with E-state index in [4.69, 9.17) is 18.0 Å². The Hall–Kier alpha value is -0.930. The van der Waals surface area contributed by atoms with E-state index in [1.807, 2.05) is 12.1 Å². The molecule has 2 N–H and O–H groups in total. The molecule has 0 unspecified atom stereocenters. The van der Waals surface area contributed by atoms with Crippen LogP contribution < -0.4 is 5.73 Å². The molecule has 2 nitrogen and oxygen atoms in total. The van der Waals surface area contributed by atoms with Gasteiger partial charge in [0.05, 0.1) is 0 Å². The zero-order valence-corrected chi connectivity index (χ0v) is 12.7. The molecule has 1 aromatic rings. The van der Waals surface area contributed by atoms with E-state index in [1.54, 1.807) is 0 Å². The molecule has 1 aliphatic carbocycles. The summed E-state index contributed by atoms with van der Waals surface area (Å²) in [5.41, 5.74) is 8.12. The predicted molar refractivity (Wildman–Crippen MR) is 85.2 cm³/mol. The van der Waals surface area contributed by atoms with Gasteiger partial charge < -0.3 is 5.73 Å². The number of nitrogens with zero attached hydrogens (tertiary/aromatic N) is 1. The fraction of sp³-hybridized carbons (Fsp3) is 0.562. The van der Waals surface area contributed by atoms with Crippen LogP contribution in [0.1, 0.15) is 44.2 Å². The quantitative estimate of drug-likeness (QED) is 0.775. The summed E-state index contributed by atoms with van der Waals surface area (Å²) in [4.78, 5) is 3.10. The molecule has 19 heavy (non-hydrogen) atoms. The van der Waals surface area contributed by atoms with E-state index in [0.29, 0.717) is 4.99 Å². The van der Waals surface area contributed by atoms with Crippen molar-refractivity contribution >= 4 is 17.2 Å². The van der Waals surface area contributed by atoms with Crippen LogP contribution >= 0.6 is 12.2 Å². The predicted octanol–water partition coefficient (Wildman–Crippen LogP) is 3.33. The molecule has 1 aliphatic rings. The second-order valence-corrected chi connectivity index (χ2v) is 6.35. The lowest BCUT2D eigenvalue weighted by molar-refractivity contribution is 0.239. The summed E-state index contributed by atoms with van der Waals surface area (Å²) in [6.45, 7) is 6.72. The van der Waals surface area contributed by atoms with Crippen molar-refractivity contribution < 1.29 is 0 Å². The number of rotatable bonds is 7. The monoisotopic (exact) mass is 276 g/mol.